The molecule has 0 aromatic heterocycles. The first-order chi connectivity index (χ1) is 9.63. The third kappa shape index (κ3) is 6.54. The van der Waals surface area contributed by atoms with Crippen LogP contribution in [0.4, 0.5) is 5.69 Å². The number of carbonyl (C=O) groups excluding carboxylic acids is 1. The third-order valence-electron chi connectivity index (χ3n) is 3.02. The molecule has 0 saturated carbocycles. The average Bonchev–Trinajstić information content (AvgIpc) is 2.40. The number of ether oxygens (including phenoxy) is 1. The van der Waals surface area contributed by atoms with Gasteiger partial charge in [-0.1, -0.05) is 31.5 Å². The number of benzene rings is 1. The van der Waals surface area contributed by atoms with Gasteiger partial charge < -0.3 is 16.2 Å². The minimum absolute atomic E-state index is 0.214. The highest BCUT2D eigenvalue weighted by Crippen LogP contribution is 2.13. The number of nitrogens with zero attached hydrogens (tertiary/aromatic N) is 1. The van der Waals surface area contributed by atoms with E-state index in [4.69, 9.17) is 16.2 Å². The van der Waals surface area contributed by atoms with Gasteiger partial charge in [0.25, 0.3) is 0 Å². The molecule has 0 saturated heterocycles. The summed E-state index contributed by atoms with van der Waals surface area (Å²) in [5, 5.41) is 0. The Morgan fingerprint density at radius 3 is 2.70 bits per heavy atom. The molecule has 0 atom stereocenters. The predicted molar refractivity (Wildman–Crippen MR) is 81.1 cm³/mol. The van der Waals surface area contributed by atoms with Crippen molar-refractivity contribution in [2.24, 2.45) is 5.73 Å². The van der Waals surface area contributed by atoms with Crippen LogP contribution in [-0.2, 0) is 16.1 Å². The van der Waals surface area contributed by atoms with Crippen LogP contribution in [0.1, 0.15) is 25.3 Å². The summed E-state index contributed by atoms with van der Waals surface area (Å²) in [6, 6.07) is 7.65. The monoisotopic (exact) mass is 279 g/mol. The van der Waals surface area contributed by atoms with Crippen LogP contribution in [0.3, 0.4) is 0 Å². The van der Waals surface area contributed by atoms with Crippen molar-refractivity contribution >= 4 is 11.6 Å². The number of primary amides is 1. The lowest BCUT2D eigenvalue weighted by atomic mass is 10.1. The Morgan fingerprint density at radius 2 is 2.05 bits per heavy atom. The Bertz CT molecular complexity index is 410. The summed E-state index contributed by atoms with van der Waals surface area (Å²) < 4.78 is 5.53. The van der Waals surface area contributed by atoms with Crippen molar-refractivity contribution in [1.82, 2.24) is 4.90 Å². The van der Waals surface area contributed by atoms with Crippen LogP contribution >= 0.6 is 0 Å². The molecule has 0 fully saturated rings. The van der Waals surface area contributed by atoms with Crippen LogP contribution in [0, 0.1) is 0 Å². The van der Waals surface area contributed by atoms with Gasteiger partial charge in [-0.05, 0) is 18.1 Å². The minimum atomic E-state index is -0.340. The van der Waals surface area contributed by atoms with E-state index in [1.54, 1.807) is 0 Å². The zero-order chi connectivity index (χ0) is 14.8. The van der Waals surface area contributed by atoms with E-state index in [1.165, 1.54) is 0 Å². The molecular weight excluding hydrogens is 254 g/mol. The average molecular weight is 279 g/mol. The number of nitrogens with two attached hydrogens (primary N) is 2. The quantitative estimate of drug-likeness (QED) is 0.500. The second kappa shape index (κ2) is 9.34. The Labute approximate surface area is 120 Å². The van der Waals surface area contributed by atoms with Crippen molar-refractivity contribution in [2.45, 2.75) is 26.3 Å². The van der Waals surface area contributed by atoms with E-state index in [0.717, 1.165) is 30.7 Å². The topological polar surface area (TPSA) is 81.6 Å². The Balaban J connectivity index is 2.47. The number of hydrogen-bond donors (Lipinski definition) is 2. The summed E-state index contributed by atoms with van der Waals surface area (Å²) in [5.41, 5.74) is 12.9. The zero-order valence-electron chi connectivity index (χ0n) is 12.2. The maximum Gasteiger partial charge on any atom is 0.231 e. The number of hydrogen-bond acceptors (Lipinski definition) is 4. The molecule has 5 nitrogen and oxygen atoms in total. The largest absolute Gasteiger partial charge is 0.398 e. The molecule has 1 amide bonds. The molecule has 0 aliphatic heterocycles. The first-order valence-corrected chi connectivity index (χ1v) is 7.05. The summed E-state index contributed by atoms with van der Waals surface area (Å²) >= 11 is 0. The van der Waals surface area contributed by atoms with Gasteiger partial charge in [0, 0.05) is 25.4 Å². The van der Waals surface area contributed by atoms with E-state index in [-0.39, 0.29) is 12.5 Å². The van der Waals surface area contributed by atoms with Crippen LogP contribution in [-0.4, -0.2) is 37.1 Å². The van der Waals surface area contributed by atoms with Crippen LogP contribution in [0.2, 0.25) is 0 Å². The maximum atomic E-state index is 11.1. The lowest BCUT2D eigenvalue weighted by molar-refractivity contribution is -0.119. The van der Waals surface area contributed by atoms with E-state index >= 15 is 0 Å². The predicted octanol–water partition coefficient (Wildman–Crippen LogP) is 1.37. The van der Waals surface area contributed by atoms with Gasteiger partial charge in [0.2, 0.25) is 5.91 Å². The lowest BCUT2D eigenvalue weighted by Gasteiger charge is -2.21. The zero-order valence-corrected chi connectivity index (χ0v) is 12.2. The fourth-order valence-corrected chi connectivity index (χ4v) is 1.90. The molecule has 0 aliphatic rings. The summed E-state index contributed by atoms with van der Waals surface area (Å²) in [4.78, 5) is 13.1. The number of amides is 1. The Morgan fingerprint density at radius 1 is 1.30 bits per heavy atom. The second-order valence-electron chi connectivity index (χ2n) is 4.84. The number of rotatable bonds is 10. The summed E-state index contributed by atoms with van der Waals surface area (Å²) in [6.45, 7) is 4.97. The molecular formula is C15H25N3O2. The van der Waals surface area contributed by atoms with E-state index in [0.29, 0.717) is 19.7 Å². The molecule has 0 spiro atoms. The molecule has 0 heterocycles. The SMILES string of the molecule is CCCCOCCN(CC(N)=O)Cc1ccccc1N. The summed E-state index contributed by atoms with van der Waals surface area (Å²) in [7, 11) is 0. The lowest BCUT2D eigenvalue weighted by Crippen LogP contribution is -2.35. The van der Waals surface area contributed by atoms with E-state index < -0.39 is 0 Å². The normalized spacial score (nSPS) is 10.9. The number of carbonyl (C=O) groups is 1. The van der Waals surface area contributed by atoms with Gasteiger partial charge in [-0.2, -0.15) is 0 Å². The fraction of sp³-hybridized carbons (Fsp3) is 0.533. The van der Waals surface area contributed by atoms with Crippen molar-refractivity contribution in [3.8, 4) is 0 Å². The van der Waals surface area contributed by atoms with Crippen LogP contribution in [0.15, 0.2) is 24.3 Å². The molecule has 0 bridgehead atoms. The van der Waals surface area contributed by atoms with Gasteiger partial charge in [-0.25, -0.2) is 0 Å². The molecule has 20 heavy (non-hydrogen) atoms. The first-order valence-electron chi connectivity index (χ1n) is 7.05. The molecule has 1 aromatic rings. The minimum Gasteiger partial charge on any atom is -0.398 e. The highest BCUT2D eigenvalue weighted by atomic mass is 16.5. The highest BCUT2D eigenvalue weighted by molar-refractivity contribution is 5.75. The van der Waals surface area contributed by atoms with Crippen molar-refractivity contribution in [3.63, 3.8) is 0 Å². The molecule has 1 rings (SSSR count). The van der Waals surface area contributed by atoms with E-state index in [1.807, 2.05) is 29.2 Å². The van der Waals surface area contributed by atoms with Gasteiger partial charge in [-0.15, -0.1) is 0 Å². The molecule has 0 unspecified atom stereocenters. The number of anilines is 1. The van der Waals surface area contributed by atoms with Crippen LogP contribution in [0.25, 0.3) is 0 Å². The molecule has 0 radical (unpaired) electrons. The van der Waals surface area contributed by atoms with Gasteiger partial charge >= 0.3 is 0 Å². The smallest absolute Gasteiger partial charge is 0.231 e. The molecule has 4 N–H and O–H groups in total. The number of para-hydroxylation sites is 1. The van der Waals surface area contributed by atoms with Crippen molar-refractivity contribution in [1.29, 1.82) is 0 Å². The third-order valence-corrected chi connectivity index (χ3v) is 3.02. The Hall–Kier alpha value is -1.59. The van der Waals surface area contributed by atoms with Gasteiger partial charge in [-0.3, -0.25) is 9.69 Å². The van der Waals surface area contributed by atoms with Crippen LogP contribution < -0.4 is 11.5 Å². The second-order valence-corrected chi connectivity index (χ2v) is 4.84. The van der Waals surface area contributed by atoms with Gasteiger partial charge in [0.05, 0.1) is 13.2 Å². The summed E-state index contributed by atoms with van der Waals surface area (Å²) in [5.74, 6) is -0.340. The summed E-state index contributed by atoms with van der Waals surface area (Å²) in [6.07, 6.45) is 2.17. The fourth-order valence-electron chi connectivity index (χ4n) is 1.90. The molecule has 5 heteroatoms. The first kappa shape index (κ1) is 16.5. The van der Waals surface area contributed by atoms with Crippen molar-refractivity contribution < 1.29 is 9.53 Å². The van der Waals surface area contributed by atoms with Gasteiger partial charge in [0.1, 0.15) is 0 Å². The maximum absolute atomic E-state index is 11.1. The van der Waals surface area contributed by atoms with Crippen molar-refractivity contribution in [3.05, 3.63) is 29.8 Å². The van der Waals surface area contributed by atoms with Crippen LogP contribution in [0.5, 0.6) is 0 Å². The Kier molecular flexibility index (Phi) is 7.69. The van der Waals surface area contributed by atoms with Gasteiger partial charge in [0.15, 0.2) is 0 Å². The van der Waals surface area contributed by atoms with Crippen molar-refractivity contribution in [2.75, 3.05) is 32.0 Å². The number of nitrogen functional groups attached to an aromatic ring is 1. The standard InChI is InChI=1S/C15H25N3O2/c1-2-3-9-20-10-8-18(12-15(17)19)11-13-6-4-5-7-14(13)16/h4-7H,2-3,8-12,16H2,1H3,(H2,17,19). The molecule has 112 valence electrons. The number of unbranched alkanes of at least 4 members (excludes halogenated alkanes) is 1. The molecule has 0 aliphatic carbocycles. The van der Waals surface area contributed by atoms with E-state index in [2.05, 4.69) is 6.92 Å². The van der Waals surface area contributed by atoms with E-state index in [9.17, 15) is 4.79 Å². The molecule has 1 aromatic carbocycles. The highest BCUT2D eigenvalue weighted by Gasteiger charge is 2.10.